The van der Waals surface area contributed by atoms with Gasteiger partial charge in [-0.15, -0.1) is 0 Å². The lowest BCUT2D eigenvalue weighted by Gasteiger charge is -2.17. The van der Waals surface area contributed by atoms with Crippen molar-refractivity contribution in [2.75, 3.05) is 18.0 Å². The minimum absolute atomic E-state index is 0.0445. The number of carbonyl (C=O) groups is 2. The zero-order chi connectivity index (χ0) is 15.6. The van der Waals surface area contributed by atoms with Gasteiger partial charge in [-0.05, 0) is 18.2 Å². The minimum atomic E-state index is -4.47. The molecule has 0 bridgehead atoms. The molecule has 2 rings (SSSR count). The highest BCUT2D eigenvalue weighted by Crippen LogP contribution is 2.27. The number of anilines is 1. The van der Waals surface area contributed by atoms with Crippen LogP contribution in [0.5, 0.6) is 0 Å². The van der Waals surface area contributed by atoms with Gasteiger partial charge in [-0.25, -0.2) is 0 Å². The van der Waals surface area contributed by atoms with E-state index in [1.807, 2.05) is 0 Å². The second-order valence-electron chi connectivity index (χ2n) is 4.72. The van der Waals surface area contributed by atoms with Crippen LogP contribution in [0.15, 0.2) is 24.3 Å². The van der Waals surface area contributed by atoms with Crippen LogP contribution in [0.1, 0.15) is 6.42 Å². The molecule has 1 unspecified atom stereocenters. The van der Waals surface area contributed by atoms with Crippen molar-refractivity contribution in [2.24, 2.45) is 5.92 Å². The summed E-state index contributed by atoms with van der Waals surface area (Å²) in [5, 5.41) is 2.24. The third-order valence-corrected chi connectivity index (χ3v) is 3.31. The van der Waals surface area contributed by atoms with E-state index in [-0.39, 0.29) is 18.9 Å². The van der Waals surface area contributed by atoms with Crippen molar-refractivity contribution in [1.82, 2.24) is 5.32 Å². The SMILES string of the molecule is O=C(NCC(F)(F)F)C1CC(=O)N(c2cccc(Cl)c2)C1. The lowest BCUT2D eigenvalue weighted by atomic mass is 10.1. The smallest absolute Gasteiger partial charge is 0.347 e. The first-order valence-electron chi connectivity index (χ1n) is 6.16. The molecule has 8 heteroatoms. The molecule has 1 N–H and O–H groups in total. The van der Waals surface area contributed by atoms with Crippen LogP contribution in [0, 0.1) is 5.92 Å². The Labute approximate surface area is 123 Å². The fraction of sp³-hybridized carbons (Fsp3) is 0.385. The average Bonchev–Trinajstić information content (AvgIpc) is 2.77. The fourth-order valence-corrected chi connectivity index (χ4v) is 2.29. The van der Waals surface area contributed by atoms with E-state index in [4.69, 9.17) is 11.6 Å². The summed E-state index contributed by atoms with van der Waals surface area (Å²) in [7, 11) is 0. The average molecular weight is 321 g/mol. The van der Waals surface area contributed by atoms with Gasteiger partial charge >= 0.3 is 6.18 Å². The van der Waals surface area contributed by atoms with E-state index in [0.717, 1.165) is 0 Å². The summed E-state index contributed by atoms with van der Waals surface area (Å²) < 4.78 is 36.2. The van der Waals surface area contributed by atoms with Crippen molar-refractivity contribution in [1.29, 1.82) is 0 Å². The molecule has 1 fully saturated rings. The molecule has 1 aliphatic rings. The van der Waals surface area contributed by atoms with Crippen LogP contribution in [-0.2, 0) is 9.59 Å². The number of benzene rings is 1. The Bertz CT molecular complexity index is 563. The number of amides is 2. The van der Waals surface area contributed by atoms with Gasteiger partial charge in [0.25, 0.3) is 0 Å². The molecule has 1 aromatic rings. The number of halogens is 4. The van der Waals surface area contributed by atoms with Crippen molar-refractivity contribution in [2.45, 2.75) is 12.6 Å². The zero-order valence-corrected chi connectivity index (χ0v) is 11.5. The lowest BCUT2D eigenvalue weighted by molar-refractivity contribution is -0.140. The first-order chi connectivity index (χ1) is 9.76. The topological polar surface area (TPSA) is 49.4 Å². The molecule has 21 heavy (non-hydrogen) atoms. The van der Waals surface area contributed by atoms with Crippen LogP contribution >= 0.6 is 11.6 Å². The maximum Gasteiger partial charge on any atom is 0.405 e. The van der Waals surface area contributed by atoms with Crippen LogP contribution in [0.3, 0.4) is 0 Å². The normalized spacial score (nSPS) is 19.0. The highest BCUT2D eigenvalue weighted by Gasteiger charge is 2.36. The largest absolute Gasteiger partial charge is 0.405 e. The Balaban J connectivity index is 2.01. The van der Waals surface area contributed by atoms with Crippen LogP contribution < -0.4 is 10.2 Å². The van der Waals surface area contributed by atoms with Gasteiger partial charge in [0.15, 0.2) is 0 Å². The van der Waals surface area contributed by atoms with Gasteiger partial charge in [0.2, 0.25) is 11.8 Å². The summed E-state index contributed by atoms with van der Waals surface area (Å²) in [6.45, 7) is -1.35. The van der Waals surface area contributed by atoms with E-state index in [0.29, 0.717) is 10.7 Å². The standard InChI is InChI=1S/C13H12ClF3N2O2/c14-9-2-1-3-10(5-9)19-6-8(4-11(19)20)12(21)18-7-13(15,16)17/h1-3,5,8H,4,6-7H2,(H,18,21). The Morgan fingerprint density at radius 3 is 2.76 bits per heavy atom. The van der Waals surface area contributed by atoms with Crippen molar-refractivity contribution < 1.29 is 22.8 Å². The quantitative estimate of drug-likeness (QED) is 0.929. The Morgan fingerprint density at radius 2 is 2.14 bits per heavy atom. The van der Waals surface area contributed by atoms with E-state index >= 15 is 0 Å². The summed E-state index contributed by atoms with van der Waals surface area (Å²) in [5.74, 6) is -1.88. The third kappa shape index (κ3) is 4.10. The number of nitrogens with zero attached hydrogens (tertiary/aromatic N) is 1. The van der Waals surface area contributed by atoms with E-state index < -0.39 is 24.5 Å². The molecular formula is C13H12ClF3N2O2. The Morgan fingerprint density at radius 1 is 1.43 bits per heavy atom. The first kappa shape index (κ1) is 15.6. The van der Waals surface area contributed by atoms with Gasteiger partial charge in [0, 0.05) is 23.7 Å². The van der Waals surface area contributed by atoms with Gasteiger partial charge in [-0.3, -0.25) is 9.59 Å². The number of rotatable bonds is 3. The molecule has 1 heterocycles. The minimum Gasteiger partial charge on any atom is -0.347 e. The third-order valence-electron chi connectivity index (χ3n) is 3.08. The molecule has 114 valence electrons. The van der Waals surface area contributed by atoms with E-state index in [1.165, 1.54) is 4.90 Å². The maximum atomic E-state index is 12.1. The highest BCUT2D eigenvalue weighted by atomic mass is 35.5. The van der Waals surface area contributed by atoms with Crippen LogP contribution in [0.4, 0.5) is 18.9 Å². The molecule has 0 aromatic heterocycles. The second kappa shape index (κ2) is 5.93. The zero-order valence-electron chi connectivity index (χ0n) is 10.8. The molecule has 0 radical (unpaired) electrons. The Kier molecular flexibility index (Phi) is 4.41. The number of nitrogens with one attached hydrogen (secondary N) is 1. The van der Waals surface area contributed by atoms with Crippen molar-refractivity contribution in [3.05, 3.63) is 29.3 Å². The highest BCUT2D eigenvalue weighted by molar-refractivity contribution is 6.30. The van der Waals surface area contributed by atoms with E-state index in [1.54, 1.807) is 29.6 Å². The van der Waals surface area contributed by atoms with Gasteiger partial charge in [0.05, 0.1) is 5.92 Å². The molecule has 1 aliphatic heterocycles. The number of alkyl halides is 3. The monoisotopic (exact) mass is 320 g/mol. The molecule has 1 atom stereocenters. The van der Waals surface area contributed by atoms with E-state index in [2.05, 4.69) is 0 Å². The van der Waals surface area contributed by atoms with E-state index in [9.17, 15) is 22.8 Å². The molecule has 1 saturated heterocycles. The van der Waals surface area contributed by atoms with Gasteiger partial charge < -0.3 is 10.2 Å². The fourth-order valence-electron chi connectivity index (χ4n) is 2.11. The van der Waals surface area contributed by atoms with Gasteiger partial charge in [-0.2, -0.15) is 13.2 Å². The summed E-state index contributed by atoms with van der Waals surface area (Å²) in [4.78, 5) is 24.9. The molecule has 1 aromatic carbocycles. The summed E-state index contributed by atoms with van der Waals surface area (Å²) in [5.41, 5.74) is 0.527. The lowest BCUT2D eigenvalue weighted by Crippen LogP contribution is -2.38. The molecule has 4 nitrogen and oxygen atoms in total. The predicted molar refractivity (Wildman–Crippen MR) is 71.0 cm³/mol. The number of hydrogen-bond donors (Lipinski definition) is 1. The maximum absolute atomic E-state index is 12.1. The molecular weight excluding hydrogens is 309 g/mol. The van der Waals surface area contributed by atoms with Gasteiger partial charge in [-0.1, -0.05) is 17.7 Å². The van der Waals surface area contributed by atoms with Crippen molar-refractivity contribution in [3.63, 3.8) is 0 Å². The Hall–Kier alpha value is -1.76. The summed E-state index contributed by atoms with van der Waals surface area (Å²) in [6, 6.07) is 6.51. The van der Waals surface area contributed by atoms with Crippen LogP contribution in [0.25, 0.3) is 0 Å². The number of hydrogen-bond acceptors (Lipinski definition) is 2. The molecule has 0 saturated carbocycles. The molecule has 0 spiro atoms. The predicted octanol–water partition coefficient (Wildman–Crippen LogP) is 2.37. The van der Waals surface area contributed by atoms with Gasteiger partial charge in [0.1, 0.15) is 6.54 Å². The van der Waals surface area contributed by atoms with Crippen molar-refractivity contribution in [3.8, 4) is 0 Å². The van der Waals surface area contributed by atoms with Crippen LogP contribution in [-0.4, -0.2) is 31.1 Å². The summed E-state index contributed by atoms with van der Waals surface area (Å²) in [6.07, 6.45) is -4.58. The summed E-state index contributed by atoms with van der Waals surface area (Å²) >= 11 is 5.83. The number of carbonyl (C=O) groups excluding carboxylic acids is 2. The second-order valence-corrected chi connectivity index (χ2v) is 5.15. The van der Waals surface area contributed by atoms with Crippen molar-refractivity contribution >= 4 is 29.1 Å². The molecule has 0 aliphatic carbocycles. The van der Waals surface area contributed by atoms with Crippen LogP contribution in [0.2, 0.25) is 5.02 Å². The first-order valence-corrected chi connectivity index (χ1v) is 6.54. The molecule has 2 amide bonds.